The molecule has 0 saturated heterocycles. The molecule has 0 heterocycles. The van der Waals surface area contributed by atoms with E-state index in [4.69, 9.17) is 5.11 Å². The minimum Gasteiger partial charge on any atom is -0.478 e. The van der Waals surface area contributed by atoms with Crippen molar-refractivity contribution in [2.75, 3.05) is 0 Å². The number of carboxylic acids is 1. The first kappa shape index (κ1) is 12.6. The maximum Gasteiger partial charge on any atom is 0.328 e. The van der Waals surface area contributed by atoms with Crippen molar-refractivity contribution in [3.63, 3.8) is 0 Å². The first-order valence-electron chi connectivity index (χ1n) is 5.03. The van der Waals surface area contributed by atoms with Gasteiger partial charge in [-0.1, -0.05) is 36.4 Å². The van der Waals surface area contributed by atoms with Gasteiger partial charge in [0.25, 0.3) is 0 Å². The summed E-state index contributed by atoms with van der Waals surface area (Å²) in [6.07, 6.45) is 8.12. The summed E-state index contributed by atoms with van der Waals surface area (Å²) in [5.41, 5.74) is 1.21. The molecule has 0 saturated carbocycles. The molecule has 0 atom stereocenters. The Bertz CT molecular complexity index is 408. The van der Waals surface area contributed by atoms with Crippen molar-refractivity contribution in [3.8, 4) is 0 Å². The highest BCUT2D eigenvalue weighted by atomic mass is 32.1. The highest BCUT2D eigenvalue weighted by Gasteiger charge is 1.94. The van der Waals surface area contributed by atoms with Crippen LogP contribution in [0.5, 0.6) is 0 Å². The third-order valence-corrected chi connectivity index (χ3v) is 2.49. The van der Waals surface area contributed by atoms with Gasteiger partial charge < -0.3 is 5.11 Å². The van der Waals surface area contributed by atoms with Crippen LogP contribution in [0.15, 0.2) is 53.5 Å². The zero-order chi connectivity index (χ0) is 11.8. The number of hydrogen-bond donors (Lipinski definition) is 2. The minimum absolute atomic E-state index is 0.877. The van der Waals surface area contributed by atoms with Crippen LogP contribution in [0.25, 0.3) is 0 Å². The van der Waals surface area contributed by atoms with Gasteiger partial charge in [-0.05, 0) is 24.5 Å². The van der Waals surface area contributed by atoms with Gasteiger partial charge in [0.05, 0.1) is 0 Å². The van der Waals surface area contributed by atoms with Crippen LogP contribution in [0.2, 0.25) is 0 Å². The highest BCUT2D eigenvalue weighted by Crippen LogP contribution is 2.14. The quantitative estimate of drug-likeness (QED) is 0.466. The standard InChI is InChI=1S/C13H14O2S/c14-13(15)10-4-2-1-3-7-11-8-5-6-9-12(11)16/h1-2,4-6,8-10,16H,3,7H2,(H,14,15). The Balaban J connectivity index is 2.36. The Hall–Kier alpha value is -1.48. The van der Waals surface area contributed by atoms with Crippen molar-refractivity contribution in [2.45, 2.75) is 17.7 Å². The van der Waals surface area contributed by atoms with Gasteiger partial charge in [0.2, 0.25) is 0 Å². The normalized spacial score (nSPS) is 11.3. The third-order valence-electron chi connectivity index (χ3n) is 2.06. The van der Waals surface area contributed by atoms with Gasteiger partial charge in [-0.3, -0.25) is 0 Å². The van der Waals surface area contributed by atoms with Crippen molar-refractivity contribution in [3.05, 3.63) is 54.1 Å². The average Bonchev–Trinajstić information content (AvgIpc) is 2.25. The summed E-state index contributed by atoms with van der Waals surface area (Å²) in [4.78, 5) is 11.2. The SMILES string of the molecule is O=C(O)C=CC=CCCc1ccccc1S. The molecule has 1 N–H and O–H groups in total. The largest absolute Gasteiger partial charge is 0.478 e. The number of aliphatic carboxylic acids is 1. The first-order chi connectivity index (χ1) is 7.70. The second-order valence-electron chi connectivity index (χ2n) is 3.29. The monoisotopic (exact) mass is 234 g/mol. The Kier molecular flexibility index (Phi) is 5.43. The number of hydrogen-bond acceptors (Lipinski definition) is 2. The molecule has 1 rings (SSSR count). The van der Waals surface area contributed by atoms with Crippen molar-refractivity contribution in [1.29, 1.82) is 0 Å². The molecule has 0 unspecified atom stereocenters. The van der Waals surface area contributed by atoms with E-state index in [-0.39, 0.29) is 0 Å². The molecule has 0 fully saturated rings. The molecule has 84 valence electrons. The maximum absolute atomic E-state index is 10.2. The lowest BCUT2D eigenvalue weighted by molar-refractivity contribution is -0.131. The van der Waals surface area contributed by atoms with Gasteiger partial charge in [0.1, 0.15) is 0 Å². The summed E-state index contributed by atoms with van der Waals surface area (Å²) < 4.78 is 0. The summed E-state index contributed by atoms with van der Waals surface area (Å²) in [6, 6.07) is 7.95. The van der Waals surface area contributed by atoms with Crippen molar-refractivity contribution in [2.24, 2.45) is 0 Å². The molecule has 0 aromatic heterocycles. The maximum atomic E-state index is 10.2. The van der Waals surface area contributed by atoms with Gasteiger partial charge in [0, 0.05) is 11.0 Å². The van der Waals surface area contributed by atoms with E-state index in [1.54, 1.807) is 6.08 Å². The molecule has 1 aromatic carbocycles. The Labute approximate surface area is 101 Å². The molecule has 3 heteroatoms. The number of allylic oxidation sites excluding steroid dienone is 3. The summed E-state index contributed by atoms with van der Waals surface area (Å²) in [6.45, 7) is 0. The van der Waals surface area contributed by atoms with E-state index in [9.17, 15) is 4.79 Å². The van der Waals surface area contributed by atoms with Gasteiger partial charge in [-0.15, -0.1) is 12.6 Å². The predicted octanol–water partition coefficient (Wildman–Crippen LogP) is 3.10. The van der Waals surface area contributed by atoms with Gasteiger partial charge >= 0.3 is 5.97 Å². The van der Waals surface area contributed by atoms with Crippen LogP contribution in [0.3, 0.4) is 0 Å². The number of carbonyl (C=O) groups is 1. The number of thiol groups is 1. The summed E-state index contributed by atoms with van der Waals surface area (Å²) in [5, 5.41) is 8.35. The second-order valence-corrected chi connectivity index (χ2v) is 3.77. The van der Waals surface area contributed by atoms with E-state index in [0.29, 0.717) is 0 Å². The molecule has 0 bridgehead atoms. The van der Waals surface area contributed by atoms with Gasteiger partial charge in [-0.25, -0.2) is 4.79 Å². The molecule has 16 heavy (non-hydrogen) atoms. The van der Waals surface area contributed by atoms with Crippen molar-refractivity contribution >= 4 is 18.6 Å². The van der Waals surface area contributed by atoms with Crippen LogP contribution in [0.4, 0.5) is 0 Å². The number of benzene rings is 1. The number of aryl methyl sites for hydroxylation is 1. The first-order valence-corrected chi connectivity index (χ1v) is 5.48. The van der Waals surface area contributed by atoms with Crippen LogP contribution in [-0.4, -0.2) is 11.1 Å². The fourth-order valence-corrected chi connectivity index (χ4v) is 1.55. The van der Waals surface area contributed by atoms with E-state index < -0.39 is 5.97 Å². The van der Waals surface area contributed by atoms with Crippen LogP contribution in [-0.2, 0) is 11.2 Å². The smallest absolute Gasteiger partial charge is 0.328 e. The number of rotatable bonds is 5. The molecule has 2 nitrogen and oxygen atoms in total. The van der Waals surface area contributed by atoms with Gasteiger partial charge in [-0.2, -0.15) is 0 Å². The van der Waals surface area contributed by atoms with Gasteiger partial charge in [0.15, 0.2) is 0 Å². The van der Waals surface area contributed by atoms with E-state index in [1.165, 1.54) is 11.6 Å². The minimum atomic E-state index is -0.926. The molecule has 0 aliphatic rings. The Morgan fingerprint density at radius 1 is 1.31 bits per heavy atom. The van der Waals surface area contributed by atoms with Crippen molar-refractivity contribution in [1.82, 2.24) is 0 Å². The lowest BCUT2D eigenvalue weighted by Gasteiger charge is -2.01. The molecule has 0 radical (unpaired) electrons. The molecule has 0 aliphatic heterocycles. The van der Waals surface area contributed by atoms with E-state index in [1.807, 2.05) is 30.3 Å². The highest BCUT2D eigenvalue weighted by molar-refractivity contribution is 7.80. The molecular weight excluding hydrogens is 220 g/mol. The summed E-state index contributed by atoms with van der Waals surface area (Å²) >= 11 is 4.35. The van der Waals surface area contributed by atoms with Crippen LogP contribution >= 0.6 is 12.6 Å². The zero-order valence-electron chi connectivity index (χ0n) is 8.84. The van der Waals surface area contributed by atoms with Crippen LogP contribution < -0.4 is 0 Å². The lowest BCUT2D eigenvalue weighted by atomic mass is 10.1. The Morgan fingerprint density at radius 2 is 2.06 bits per heavy atom. The molecule has 0 spiro atoms. The molecule has 0 amide bonds. The second kappa shape index (κ2) is 6.90. The Morgan fingerprint density at radius 3 is 2.75 bits per heavy atom. The lowest BCUT2D eigenvalue weighted by Crippen LogP contribution is -1.85. The molecule has 1 aromatic rings. The van der Waals surface area contributed by atoms with E-state index in [0.717, 1.165) is 23.8 Å². The van der Waals surface area contributed by atoms with Crippen LogP contribution in [0, 0.1) is 0 Å². The summed E-state index contributed by atoms with van der Waals surface area (Å²) in [5.74, 6) is -0.926. The third kappa shape index (κ3) is 4.84. The van der Waals surface area contributed by atoms with Crippen LogP contribution in [0.1, 0.15) is 12.0 Å². The molecular formula is C13H14O2S. The topological polar surface area (TPSA) is 37.3 Å². The van der Waals surface area contributed by atoms with Crippen molar-refractivity contribution < 1.29 is 9.90 Å². The average molecular weight is 234 g/mol. The van der Waals surface area contributed by atoms with E-state index in [2.05, 4.69) is 12.6 Å². The fraction of sp³-hybridized carbons (Fsp3) is 0.154. The fourth-order valence-electron chi connectivity index (χ4n) is 1.27. The molecule has 0 aliphatic carbocycles. The van der Waals surface area contributed by atoms with E-state index >= 15 is 0 Å². The predicted molar refractivity (Wildman–Crippen MR) is 67.9 cm³/mol. The summed E-state index contributed by atoms with van der Waals surface area (Å²) in [7, 11) is 0. The number of carboxylic acid groups (broad SMARTS) is 1. The zero-order valence-corrected chi connectivity index (χ0v) is 9.73.